The fourth-order valence-corrected chi connectivity index (χ4v) is 41.0. The summed E-state index contributed by atoms with van der Waals surface area (Å²) in [7, 11) is -4.54. The first-order valence-electron chi connectivity index (χ1n) is 35.3. The van der Waals surface area contributed by atoms with Gasteiger partial charge < -0.3 is 0 Å². The minimum atomic E-state index is -2.31. The van der Waals surface area contributed by atoms with E-state index in [1.165, 1.54) is 178 Å². The maximum Gasteiger partial charge on any atom is 0.263 e. The van der Waals surface area contributed by atoms with Gasteiger partial charge in [0.25, 0.3) is 23.6 Å². The third-order valence-corrected chi connectivity index (χ3v) is 42.5. The molecule has 0 aromatic carbocycles. The largest absolute Gasteiger partial charge is 0.274 e. The van der Waals surface area contributed by atoms with Crippen molar-refractivity contribution in [3.63, 3.8) is 0 Å². The summed E-state index contributed by atoms with van der Waals surface area (Å²) in [6, 6.07) is 22.1. The number of imide groups is 2. The van der Waals surface area contributed by atoms with Crippen molar-refractivity contribution >= 4 is 160 Å². The molecule has 0 aliphatic carbocycles. The highest BCUT2D eigenvalue weighted by Crippen LogP contribution is 2.51. The molecule has 4 unspecified atom stereocenters. The summed E-state index contributed by atoms with van der Waals surface area (Å²) in [6.45, 7) is 25.8. The molecule has 0 spiro atoms. The summed E-state index contributed by atoms with van der Waals surface area (Å²) < 4.78 is 3.19. The van der Waals surface area contributed by atoms with E-state index in [4.69, 9.17) is 0 Å². The van der Waals surface area contributed by atoms with Crippen molar-refractivity contribution in [3.05, 3.63) is 101 Å². The van der Waals surface area contributed by atoms with Crippen LogP contribution in [0.1, 0.15) is 256 Å². The Morgan fingerprint density at radius 3 is 1.25 bits per heavy atom. The lowest BCUT2D eigenvalue weighted by Crippen LogP contribution is -2.64. The Morgan fingerprint density at radius 2 is 0.815 bits per heavy atom. The van der Waals surface area contributed by atoms with Crippen LogP contribution in [0.3, 0.4) is 0 Å². The number of carbonyl (C=O) groups is 4. The number of amides is 4. The molecular formula is C76H98N2O4S8Si2. The molecule has 92 heavy (non-hydrogen) atoms. The van der Waals surface area contributed by atoms with E-state index in [9.17, 15) is 19.2 Å². The molecule has 12 rings (SSSR count). The predicted octanol–water partition coefficient (Wildman–Crippen LogP) is 21.0. The molecule has 0 radical (unpaired) electrons. The fourth-order valence-electron chi connectivity index (χ4n) is 15.4. The van der Waals surface area contributed by atoms with Gasteiger partial charge >= 0.3 is 0 Å². The van der Waals surface area contributed by atoms with Crippen LogP contribution in [0.5, 0.6) is 0 Å². The lowest BCUT2D eigenvalue weighted by molar-refractivity contribution is 0.0636. The van der Waals surface area contributed by atoms with Gasteiger partial charge in [0.15, 0.2) is 16.1 Å². The van der Waals surface area contributed by atoms with E-state index in [-0.39, 0.29) is 23.6 Å². The number of hydrogen-bond donors (Lipinski definition) is 0. The van der Waals surface area contributed by atoms with Crippen LogP contribution in [0.4, 0.5) is 0 Å². The van der Waals surface area contributed by atoms with Gasteiger partial charge in [-0.2, -0.15) is 11.3 Å². The van der Waals surface area contributed by atoms with Crippen LogP contribution in [0.25, 0.3) is 39.0 Å². The molecule has 0 saturated carbocycles. The van der Waals surface area contributed by atoms with Crippen molar-refractivity contribution in [1.29, 1.82) is 0 Å². The highest BCUT2D eigenvalue weighted by Gasteiger charge is 2.54. The molecule has 492 valence electrons. The van der Waals surface area contributed by atoms with Crippen molar-refractivity contribution in [3.8, 4) is 39.0 Å². The van der Waals surface area contributed by atoms with Crippen LogP contribution in [-0.2, 0) is 6.42 Å². The predicted molar refractivity (Wildman–Crippen MR) is 411 cm³/mol. The van der Waals surface area contributed by atoms with Crippen LogP contribution >= 0.6 is 90.7 Å². The molecular weight excluding hydrogens is 1320 g/mol. The highest BCUT2D eigenvalue weighted by molar-refractivity contribution is 7.40. The Morgan fingerprint density at radius 1 is 0.402 bits per heavy atom. The summed E-state index contributed by atoms with van der Waals surface area (Å²) in [4.78, 5) is 74.8. The zero-order valence-corrected chi connectivity index (χ0v) is 65.3. The molecule has 6 nitrogen and oxygen atoms in total. The van der Waals surface area contributed by atoms with Crippen molar-refractivity contribution < 1.29 is 19.2 Å². The lowest BCUT2D eigenvalue weighted by atomic mass is 10.0. The van der Waals surface area contributed by atoms with Crippen molar-refractivity contribution in [2.75, 3.05) is 13.1 Å². The van der Waals surface area contributed by atoms with Crippen molar-refractivity contribution in [2.45, 2.75) is 236 Å². The van der Waals surface area contributed by atoms with Gasteiger partial charge in [-0.25, -0.2) is 0 Å². The minimum Gasteiger partial charge on any atom is -0.274 e. The van der Waals surface area contributed by atoms with Gasteiger partial charge in [0.2, 0.25) is 0 Å². The number of nitrogens with zero attached hydrogens (tertiary/aromatic N) is 2. The Labute approximate surface area is 584 Å². The van der Waals surface area contributed by atoms with E-state index >= 15 is 0 Å². The first-order valence-corrected chi connectivity index (χ1v) is 46.3. The van der Waals surface area contributed by atoms with Gasteiger partial charge in [-0.05, 0) is 134 Å². The minimum absolute atomic E-state index is 0.0722. The van der Waals surface area contributed by atoms with E-state index in [0.29, 0.717) is 47.2 Å². The van der Waals surface area contributed by atoms with Gasteiger partial charge in [-0.3, -0.25) is 29.0 Å². The number of aryl methyl sites for hydroxylation is 5. The monoisotopic (exact) mass is 1410 g/mol. The topological polar surface area (TPSA) is 74.8 Å². The average Bonchev–Trinajstić information content (AvgIpc) is 1.54. The number of unbranched alkanes of at least 4 members (excludes halogenated alkanes) is 13. The first-order chi connectivity index (χ1) is 44.6. The Bertz CT molecular complexity index is 3900. The smallest absolute Gasteiger partial charge is 0.263 e. The van der Waals surface area contributed by atoms with Crippen LogP contribution in [0, 0.1) is 39.5 Å². The van der Waals surface area contributed by atoms with E-state index in [2.05, 4.69) is 128 Å². The third kappa shape index (κ3) is 13.2. The van der Waals surface area contributed by atoms with Gasteiger partial charge in [0.1, 0.15) is 0 Å². The van der Waals surface area contributed by atoms with Crippen molar-refractivity contribution in [1.82, 2.24) is 9.80 Å². The summed E-state index contributed by atoms with van der Waals surface area (Å²) >= 11 is 15.0. The Balaban J connectivity index is 0.000000189. The van der Waals surface area contributed by atoms with Crippen LogP contribution in [0.15, 0.2) is 53.9 Å². The molecule has 12 heterocycles. The van der Waals surface area contributed by atoms with Gasteiger partial charge in [-0.1, -0.05) is 189 Å². The number of hydrogen-bond acceptors (Lipinski definition) is 12. The highest BCUT2D eigenvalue weighted by atomic mass is 32.1. The maximum absolute atomic E-state index is 14.0. The molecule has 16 heteroatoms. The summed E-state index contributed by atoms with van der Waals surface area (Å²) in [5, 5.41) is 8.65. The normalized spacial score (nSPS) is 17.6. The Kier molecular flexibility index (Phi) is 23.3. The number of thiophene rings is 8. The molecule has 8 aromatic rings. The van der Waals surface area contributed by atoms with Gasteiger partial charge in [0.05, 0.1) is 32.0 Å². The molecule has 4 amide bonds. The van der Waals surface area contributed by atoms with Crippen molar-refractivity contribution in [2.24, 2.45) is 11.8 Å². The summed E-state index contributed by atoms with van der Waals surface area (Å²) in [6.07, 6.45) is 27.4. The zero-order chi connectivity index (χ0) is 65.0. The standard InChI is InChI=1S/C40H53NO2S4Si.C36H45NO2S4Si/c1-7-11-14-15-16-17-22-41-39(42)34-27(6)45-36(35(34)40(41)43)30-24-32-38(47-30)37-31(23-26(5)44-37)48(32,25-28(10-4)18-12-8-2)33-21-20-29(46-33)19-13-9-3;1-6-9-11-12-13-14-18-37-35(38)30-24(5)42-32(31(30)36(37)39)26-21-28-34(43-26)33-27(20-23(4)41-33)44(28,29-17-15-19-40-29)22-25(8-3)16-10-7-2/h20-21,23-24,28H,7-19,22,25H2,1-6H3;15,17,19-21,25H,6-14,16,18,22H2,1-5H3. The molecule has 0 bridgehead atoms. The average molecular weight is 1420 g/mol. The molecule has 0 fully saturated rings. The van der Waals surface area contributed by atoms with E-state index in [1.807, 2.05) is 70.5 Å². The quantitative estimate of drug-likeness (QED) is 0.0233. The molecule has 8 aromatic heterocycles. The van der Waals surface area contributed by atoms with E-state index in [1.54, 1.807) is 62.2 Å². The fraction of sp³-hybridized carbons (Fsp3) is 0.526. The summed E-state index contributed by atoms with van der Waals surface area (Å²) in [5.74, 6) is 1.09. The molecule has 0 N–H and O–H groups in total. The lowest BCUT2D eigenvalue weighted by Gasteiger charge is -2.32. The second-order valence-electron chi connectivity index (χ2n) is 26.8. The molecule has 4 aliphatic heterocycles. The van der Waals surface area contributed by atoms with Crippen LogP contribution in [0.2, 0.25) is 12.1 Å². The summed E-state index contributed by atoms with van der Waals surface area (Å²) in [5.41, 5.74) is 2.68. The van der Waals surface area contributed by atoms with Gasteiger partial charge in [0, 0.05) is 75.7 Å². The maximum atomic E-state index is 14.0. The second kappa shape index (κ2) is 30.8. The number of rotatable bonds is 33. The number of carbonyl (C=O) groups excluding carboxylic acids is 4. The van der Waals surface area contributed by atoms with Crippen LogP contribution < -0.4 is 29.7 Å². The first kappa shape index (κ1) is 69.7. The van der Waals surface area contributed by atoms with E-state index < -0.39 is 16.1 Å². The third-order valence-electron chi connectivity index (χ3n) is 20.4. The molecule has 4 aliphatic rings. The van der Waals surface area contributed by atoms with Gasteiger partial charge in [-0.15, -0.1) is 79.4 Å². The zero-order valence-electron chi connectivity index (χ0n) is 56.7. The SMILES string of the molecule is CCCCCCCCN1C(=O)c2c(C)sc(-c3cc4c(s3)-c3sc(C)cc3[Si]4(CC(CC)CCCC)c3ccc(CCCC)s3)c2C1=O.CCCCCCCCN1C(=O)c2c(C)sc(-c3cc4c(s3)-c3sc(C)cc3[Si]4(CC(CC)CCCC)c3cccs3)c2C1=O. The molecule has 0 saturated heterocycles. The van der Waals surface area contributed by atoms with E-state index in [0.717, 1.165) is 45.2 Å². The van der Waals surface area contributed by atoms with Crippen LogP contribution in [-0.4, -0.2) is 62.7 Å². The Hall–Kier alpha value is -3.69. The second-order valence-corrected chi connectivity index (χ2v) is 44.4. The molecule has 4 atom stereocenters. The number of fused-ring (bicyclic) bond motifs is 8.